The summed E-state index contributed by atoms with van der Waals surface area (Å²) in [6.45, 7) is 4.99. The van der Waals surface area contributed by atoms with E-state index in [9.17, 15) is 4.79 Å². The van der Waals surface area contributed by atoms with Gasteiger partial charge in [-0.05, 0) is 19.4 Å². The molecule has 1 aliphatic rings. The second kappa shape index (κ2) is 5.94. The van der Waals surface area contributed by atoms with Crippen LogP contribution in [0.1, 0.15) is 12.8 Å². The van der Waals surface area contributed by atoms with Crippen LogP contribution in [-0.2, 0) is 4.79 Å². The molecule has 0 aromatic rings. The van der Waals surface area contributed by atoms with Crippen molar-refractivity contribution in [1.82, 2.24) is 9.80 Å². The number of amides is 1. The zero-order chi connectivity index (χ0) is 9.52. The van der Waals surface area contributed by atoms with Crippen molar-refractivity contribution in [3.05, 3.63) is 0 Å². The highest BCUT2D eigenvalue weighted by Crippen LogP contribution is 2.01. The van der Waals surface area contributed by atoms with Crippen molar-refractivity contribution >= 4 is 6.41 Å². The van der Waals surface area contributed by atoms with Crippen molar-refractivity contribution in [2.24, 2.45) is 0 Å². The first-order valence-corrected chi connectivity index (χ1v) is 4.89. The fourth-order valence-corrected chi connectivity index (χ4v) is 1.54. The van der Waals surface area contributed by atoms with Crippen molar-refractivity contribution in [2.75, 3.05) is 39.3 Å². The monoisotopic (exact) mass is 186 g/mol. The van der Waals surface area contributed by atoms with Gasteiger partial charge >= 0.3 is 0 Å². The molecule has 13 heavy (non-hydrogen) atoms. The van der Waals surface area contributed by atoms with Crippen molar-refractivity contribution in [3.8, 4) is 0 Å². The molecule has 1 saturated heterocycles. The largest absolute Gasteiger partial charge is 0.396 e. The van der Waals surface area contributed by atoms with Gasteiger partial charge in [-0.2, -0.15) is 0 Å². The van der Waals surface area contributed by atoms with Crippen LogP contribution in [0.4, 0.5) is 0 Å². The highest BCUT2D eigenvalue weighted by molar-refractivity contribution is 5.47. The minimum Gasteiger partial charge on any atom is -0.396 e. The molecule has 0 bridgehead atoms. The maximum absolute atomic E-state index is 10.4. The van der Waals surface area contributed by atoms with Gasteiger partial charge in [-0.25, -0.2) is 0 Å². The fraction of sp³-hybridized carbons (Fsp3) is 0.889. The number of nitrogens with zero attached hydrogens (tertiary/aromatic N) is 2. The lowest BCUT2D eigenvalue weighted by Crippen LogP contribution is -2.45. The standard InChI is InChI=1S/C9H18N2O2/c12-8-2-1-3-10-4-6-11(9-13)7-5-10/h9,12H,1-8H2. The van der Waals surface area contributed by atoms with E-state index in [-0.39, 0.29) is 6.61 Å². The zero-order valence-electron chi connectivity index (χ0n) is 7.98. The van der Waals surface area contributed by atoms with E-state index in [1.807, 2.05) is 4.90 Å². The summed E-state index contributed by atoms with van der Waals surface area (Å²) in [4.78, 5) is 14.6. The first-order chi connectivity index (χ1) is 6.36. The van der Waals surface area contributed by atoms with Gasteiger partial charge in [0.1, 0.15) is 0 Å². The quantitative estimate of drug-likeness (QED) is 0.466. The van der Waals surface area contributed by atoms with Crippen molar-refractivity contribution in [3.63, 3.8) is 0 Å². The van der Waals surface area contributed by atoms with Crippen LogP contribution in [0.2, 0.25) is 0 Å². The Bertz CT molecular complexity index is 145. The Hall–Kier alpha value is -0.610. The average Bonchev–Trinajstić information content (AvgIpc) is 2.19. The molecule has 1 heterocycles. The van der Waals surface area contributed by atoms with E-state index in [1.54, 1.807) is 0 Å². The third-order valence-electron chi connectivity index (χ3n) is 2.44. The van der Waals surface area contributed by atoms with E-state index in [4.69, 9.17) is 5.11 Å². The number of aliphatic hydroxyl groups is 1. The van der Waals surface area contributed by atoms with E-state index in [0.717, 1.165) is 52.0 Å². The second-order valence-corrected chi connectivity index (χ2v) is 3.41. The summed E-state index contributed by atoms with van der Waals surface area (Å²) in [6, 6.07) is 0. The van der Waals surface area contributed by atoms with Gasteiger partial charge in [0.2, 0.25) is 6.41 Å². The third kappa shape index (κ3) is 3.74. The predicted octanol–water partition coefficient (Wildman–Crippen LogP) is -0.467. The number of aliphatic hydroxyl groups excluding tert-OH is 1. The van der Waals surface area contributed by atoms with Crippen molar-refractivity contribution < 1.29 is 9.90 Å². The Labute approximate surface area is 79.1 Å². The van der Waals surface area contributed by atoms with Crippen LogP contribution >= 0.6 is 0 Å². The number of rotatable bonds is 5. The topological polar surface area (TPSA) is 43.8 Å². The molecule has 1 amide bonds. The summed E-state index contributed by atoms with van der Waals surface area (Å²) in [6.07, 6.45) is 2.86. The van der Waals surface area contributed by atoms with Gasteiger partial charge in [0.25, 0.3) is 0 Å². The molecule has 1 rings (SSSR count). The highest BCUT2D eigenvalue weighted by atomic mass is 16.2. The summed E-state index contributed by atoms with van der Waals surface area (Å²) in [5.74, 6) is 0. The maximum atomic E-state index is 10.4. The van der Waals surface area contributed by atoms with Crippen LogP contribution in [0, 0.1) is 0 Å². The Kier molecular flexibility index (Phi) is 4.78. The normalized spacial score (nSPS) is 19.0. The predicted molar refractivity (Wildman–Crippen MR) is 50.4 cm³/mol. The lowest BCUT2D eigenvalue weighted by Gasteiger charge is -2.32. The SMILES string of the molecule is O=CN1CCN(CCCCO)CC1. The Balaban J connectivity index is 2.07. The molecule has 1 N–H and O–H groups in total. The van der Waals surface area contributed by atoms with Gasteiger partial charge in [-0.1, -0.05) is 0 Å². The van der Waals surface area contributed by atoms with E-state index in [1.165, 1.54) is 0 Å². The first-order valence-electron chi connectivity index (χ1n) is 4.89. The Morgan fingerprint density at radius 1 is 1.15 bits per heavy atom. The van der Waals surface area contributed by atoms with Gasteiger partial charge in [-0.3, -0.25) is 9.69 Å². The summed E-state index contributed by atoms with van der Waals surface area (Å²) in [7, 11) is 0. The molecule has 76 valence electrons. The van der Waals surface area contributed by atoms with E-state index < -0.39 is 0 Å². The average molecular weight is 186 g/mol. The van der Waals surface area contributed by atoms with Gasteiger partial charge in [-0.15, -0.1) is 0 Å². The molecule has 4 heteroatoms. The molecule has 0 saturated carbocycles. The summed E-state index contributed by atoms with van der Waals surface area (Å²) in [5, 5.41) is 8.60. The lowest BCUT2D eigenvalue weighted by atomic mass is 10.2. The molecule has 0 radical (unpaired) electrons. The van der Waals surface area contributed by atoms with Crippen LogP contribution < -0.4 is 0 Å². The summed E-state index contributed by atoms with van der Waals surface area (Å²) >= 11 is 0. The molecule has 0 aromatic heterocycles. The Morgan fingerprint density at radius 3 is 2.38 bits per heavy atom. The van der Waals surface area contributed by atoms with Crippen LogP contribution in [0.15, 0.2) is 0 Å². The lowest BCUT2D eigenvalue weighted by molar-refractivity contribution is -0.119. The third-order valence-corrected chi connectivity index (χ3v) is 2.44. The molecule has 0 aliphatic carbocycles. The van der Waals surface area contributed by atoms with Crippen LogP contribution in [0.5, 0.6) is 0 Å². The Morgan fingerprint density at radius 2 is 1.85 bits per heavy atom. The van der Waals surface area contributed by atoms with Gasteiger partial charge in [0, 0.05) is 32.8 Å². The molecular weight excluding hydrogens is 168 g/mol. The number of hydrogen-bond acceptors (Lipinski definition) is 3. The number of piperazine rings is 1. The van der Waals surface area contributed by atoms with Crippen LogP contribution in [0.25, 0.3) is 0 Å². The molecule has 1 aliphatic heterocycles. The van der Waals surface area contributed by atoms with E-state index in [2.05, 4.69) is 4.90 Å². The maximum Gasteiger partial charge on any atom is 0.209 e. The molecule has 1 fully saturated rings. The van der Waals surface area contributed by atoms with E-state index in [0.29, 0.717) is 0 Å². The van der Waals surface area contributed by atoms with Crippen LogP contribution in [-0.4, -0.2) is 60.6 Å². The molecular formula is C9H18N2O2. The number of unbranched alkanes of at least 4 members (excludes halogenated alkanes) is 1. The molecule has 4 nitrogen and oxygen atoms in total. The van der Waals surface area contributed by atoms with Crippen molar-refractivity contribution in [1.29, 1.82) is 0 Å². The second-order valence-electron chi connectivity index (χ2n) is 3.41. The molecule has 0 unspecified atom stereocenters. The zero-order valence-corrected chi connectivity index (χ0v) is 7.98. The molecule has 0 spiro atoms. The van der Waals surface area contributed by atoms with Gasteiger partial charge in [0.05, 0.1) is 0 Å². The van der Waals surface area contributed by atoms with Crippen molar-refractivity contribution in [2.45, 2.75) is 12.8 Å². The summed E-state index contributed by atoms with van der Waals surface area (Å²) in [5.41, 5.74) is 0. The molecule has 0 atom stereocenters. The van der Waals surface area contributed by atoms with Crippen LogP contribution in [0.3, 0.4) is 0 Å². The molecule has 0 aromatic carbocycles. The first kappa shape index (κ1) is 10.5. The minimum absolute atomic E-state index is 0.286. The summed E-state index contributed by atoms with van der Waals surface area (Å²) < 4.78 is 0. The fourth-order valence-electron chi connectivity index (χ4n) is 1.54. The highest BCUT2D eigenvalue weighted by Gasteiger charge is 2.13. The minimum atomic E-state index is 0.286. The van der Waals surface area contributed by atoms with E-state index >= 15 is 0 Å². The van der Waals surface area contributed by atoms with Gasteiger partial charge < -0.3 is 10.0 Å². The van der Waals surface area contributed by atoms with Gasteiger partial charge in [0.15, 0.2) is 0 Å². The number of carbonyl (C=O) groups is 1. The number of hydrogen-bond donors (Lipinski definition) is 1. The number of carbonyl (C=O) groups excluding carboxylic acids is 1. The smallest absolute Gasteiger partial charge is 0.209 e.